The summed E-state index contributed by atoms with van der Waals surface area (Å²) in [6.45, 7) is 13.2. The highest BCUT2D eigenvalue weighted by Crippen LogP contribution is 2.07. The Morgan fingerprint density at radius 3 is 1.56 bits per heavy atom. The van der Waals surface area contributed by atoms with Crippen molar-refractivity contribution in [2.24, 2.45) is 5.73 Å². The second-order valence-electron chi connectivity index (χ2n) is 9.67. The standard InChI is InChI=1S/C12H25ClN2O4S.C10H22N2O2/c1-12(2,3)19-11(16)14-8-5-4-6-9-15-20(17,18)10-7-13;1-10(2,3)14-9(13)12-8-6-4-5-7-11/h15H,4-10H2,1-3H3,(H,14,16);4-8,11H2,1-3H3,(H,12,13). The van der Waals surface area contributed by atoms with Gasteiger partial charge in [-0.1, -0.05) is 12.8 Å². The van der Waals surface area contributed by atoms with Gasteiger partial charge >= 0.3 is 12.2 Å². The Morgan fingerprint density at radius 1 is 0.765 bits per heavy atom. The molecule has 34 heavy (non-hydrogen) atoms. The molecule has 0 aliphatic heterocycles. The summed E-state index contributed by atoms with van der Waals surface area (Å²) >= 11 is 5.37. The Kier molecular flexibility index (Phi) is 19.4. The molecule has 0 aromatic carbocycles. The average Bonchev–Trinajstić information content (AvgIpc) is 2.64. The zero-order chi connectivity index (χ0) is 26.7. The second kappa shape index (κ2) is 19.0. The molecule has 5 N–H and O–H groups in total. The zero-order valence-electron chi connectivity index (χ0n) is 21.8. The Labute approximate surface area is 211 Å². The van der Waals surface area contributed by atoms with Crippen LogP contribution in [0.2, 0.25) is 0 Å². The maximum Gasteiger partial charge on any atom is 0.407 e. The van der Waals surface area contributed by atoms with E-state index in [-0.39, 0.29) is 17.7 Å². The fourth-order valence-corrected chi connectivity index (χ4v) is 3.70. The zero-order valence-corrected chi connectivity index (χ0v) is 23.4. The smallest absolute Gasteiger partial charge is 0.407 e. The number of hydrogen-bond donors (Lipinski definition) is 4. The van der Waals surface area contributed by atoms with Gasteiger partial charge in [-0.3, -0.25) is 0 Å². The number of nitrogens with one attached hydrogen (secondary N) is 3. The molecule has 0 heterocycles. The molecule has 12 heteroatoms. The minimum Gasteiger partial charge on any atom is -0.444 e. The molecule has 0 radical (unpaired) electrons. The third-order valence-electron chi connectivity index (χ3n) is 3.74. The largest absolute Gasteiger partial charge is 0.444 e. The summed E-state index contributed by atoms with van der Waals surface area (Å²) in [5, 5.41) is 5.35. The van der Waals surface area contributed by atoms with Crippen LogP contribution < -0.4 is 21.1 Å². The molecule has 0 bridgehead atoms. The van der Waals surface area contributed by atoms with Crippen LogP contribution in [0.3, 0.4) is 0 Å². The van der Waals surface area contributed by atoms with E-state index in [0.717, 1.165) is 38.5 Å². The monoisotopic (exact) mass is 530 g/mol. The van der Waals surface area contributed by atoms with E-state index in [1.54, 1.807) is 20.8 Å². The topological polar surface area (TPSA) is 149 Å². The average molecular weight is 531 g/mol. The number of unbranched alkanes of at least 4 members (excludes halogenated alkanes) is 4. The van der Waals surface area contributed by atoms with Crippen molar-refractivity contribution in [1.29, 1.82) is 0 Å². The maximum absolute atomic E-state index is 11.3. The maximum atomic E-state index is 11.3. The predicted octanol–water partition coefficient (Wildman–Crippen LogP) is 3.48. The van der Waals surface area contributed by atoms with E-state index >= 15 is 0 Å². The minimum atomic E-state index is -3.23. The third kappa shape index (κ3) is 28.7. The summed E-state index contributed by atoms with van der Waals surface area (Å²) < 4.78 is 35.2. The summed E-state index contributed by atoms with van der Waals surface area (Å²) in [4.78, 5) is 22.4. The number of ether oxygens (including phenoxy) is 2. The molecule has 0 aliphatic rings. The van der Waals surface area contributed by atoms with Gasteiger partial charge in [-0.15, -0.1) is 11.6 Å². The molecule has 0 aromatic heterocycles. The summed E-state index contributed by atoms with van der Waals surface area (Å²) in [5.41, 5.74) is 4.43. The lowest BCUT2D eigenvalue weighted by Crippen LogP contribution is -2.33. The third-order valence-corrected chi connectivity index (χ3v) is 5.54. The van der Waals surface area contributed by atoms with Crippen LogP contribution in [-0.2, 0) is 19.5 Å². The fourth-order valence-electron chi connectivity index (χ4n) is 2.28. The molecular formula is C22H47ClN4O6S. The number of nitrogens with two attached hydrogens (primary N) is 1. The first kappa shape index (κ1) is 34.9. The fraction of sp³-hybridized carbons (Fsp3) is 0.909. The molecule has 204 valence electrons. The van der Waals surface area contributed by atoms with Crippen LogP contribution in [-0.4, -0.2) is 69.6 Å². The molecule has 0 atom stereocenters. The number of halogens is 1. The number of carbonyl (C=O) groups is 2. The van der Waals surface area contributed by atoms with E-state index in [4.69, 9.17) is 26.8 Å². The van der Waals surface area contributed by atoms with E-state index in [2.05, 4.69) is 15.4 Å². The molecule has 0 fully saturated rings. The number of hydrogen-bond acceptors (Lipinski definition) is 7. The van der Waals surface area contributed by atoms with Crippen LogP contribution in [0.1, 0.15) is 80.1 Å². The van der Waals surface area contributed by atoms with Gasteiger partial charge in [0.15, 0.2) is 0 Å². The highest BCUT2D eigenvalue weighted by Gasteiger charge is 2.16. The highest BCUT2D eigenvalue weighted by molar-refractivity contribution is 7.89. The molecule has 0 aliphatic carbocycles. The quantitative estimate of drug-likeness (QED) is 0.198. The van der Waals surface area contributed by atoms with E-state index in [0.29, 0.717) is 26.2 Å². The van der Waals surface area contributed by atoms with Crippen LogP contribution in [0.5, 0.6) is 0 Å². The first-order chi connectivity index (χ1) is 15.6. The Hall–Kier alpha value is -1.30. The van der Waals surface area contributed by atoms with Crippen LogP contribution in [0.4, 0.5) is 9.59 Å². The van der Waals surface area contributed by atoms with E-state index in [1.165, 1.54) is 0 Å². The molecule has 0 aromatic rings. The molecule has 0 spiro atoms. The van der Waals surface area contributed by atoms with Gasteiger partial charge < -0.3 is 25.8 Å². The summed E-state index contributed by atoms with van der Waals surface area (Å²) in [6.07, 6.45) is 4.55. The summed E-state index contributed by atoms with van der Waals surface area (Å²) in [5.74, 6) is 0.0316. The van der Waals surface area contributed by atoms with Gasteiger partial charge in [0.1, 0.15) is 11.2 Å². The van der Waals surface area contributed by atoms with Crippen molar-refractivity contribution in [3.8, 4) is 0 Å². The molecule has 0 saturated carbocycles. The van der Waals surface area contributed by atoms with Gasteiger partial charge in [0.05, 0.1) is 5.75 Å². The Morgan fingerprint density at radius 2 is 1.18 bits per heavy atom. The van der Waals surface area contributed by atoms with Crippen LogP contribution in [0.25, 0.3) is 0 Å². The SMILES string of the molecule is CC(C)(C)OC(=O)NCCCCCN.CC(C)(C)OC(=O)NCCCCCNS(=O)(=O)CCCl. The number of rotatable bonds is 14. The van der Waals surface area contributed by atoms with E-state index in [1.807, 2.05) is 20.8 Å². The molecule has 2 amide bonds. The van der Waals surface area contributed by atoms with Crippen LogP contribution in [0, 0.1) is 0 Å². The summed E-state index contributed by atoms with van der Waals surface area (Å²) in [7, 11) is -3.23. The van der Waals surface area contributed by atoms with Gasteiger partial charge in [0, 0.05) is 25.5 Å². The van der Waals surface area contributed by atoms with Crippen molar-refractivity contribution in [3.05, 3.63) is 0 Å². The van der Waals surface area contributed by atoms with Crippen molar-refractivity contribution in [2.75, 3.05) is 37.8 Å². The van der Waals surface area contributed by atoms with Crippen molar-refractivity contribution in [3.63, 3.8) is 0 Å². The van der Waals surface area contributed by atoms with Gasteiger partial charge in [-0.2, -0.15) is 0 Å². The minimum absolute atomic E-state index is 0.0608. The van der Waals surface area contributed by atoms with Crippen molar-refractivity contribution < 1.29 is 27.5 Å². The van der Waals surface area contributed by atoms with Crippen molar-refractivity contribution in [1.82, 2.24) is 15.4 Å². The van der Waals surface area contributed by atoms with Gasteiger partial charge in [0.2, 0.25) is 10.0 Å². The van der Waals surface area contributed by atoms with Crippen molar-refractivity contribution in [2.45, 2.75) is 91.3 Å². The first-order valence-electron chi connectivity index (χ1n) is 11.8. The number of sulfonamides is 1. The van der Waals surface area contributed by atoms with Gasteiger partial charge in [0.25, 0.3) is 0 Å². The molecular weight excluding hydrogens is 484 g/mol. The molecule has 0 saturated heterocycles. The van der Waals surface area contributed by atoms with Gasteiger partial charge in [-0.05, 0) is 73.8 Å². The Balaban J connectivity index is 0. The van der Waals surface area contributed by atoms with E-state index < -0.39 is 27.3 Å². The summed E-state index contributed by atoms with van der Waals surface area (Å²) in [6, 6.07) is 0. The molecule has 10 nitrogen and oxygen atoms in total. The highest BCUT2D eigenvalue weighted by atomic mass is 35.5. The Bertz CT molecular complexity index is 649. The normalized spacial score (nSPS) is 11.8. The second-order valence-corrected chi connectivity index (χ2v) is 12.0. The van der Waals surface area contributed by atoms with E-state index in [9.17, 15) is 18.0 Å². The number of amides is 2. The lowest BCUT2D eigenvalue weighted by molar-refractivity contribution is 0.0515. The van der Waals surface area contributed by atoms with Crippen LogP contribution in [0.15, 0.2) is 0 Å². The number of alkyl halides is 1. The number of carbonyl (C=O) groups excluding carboxylic acids is 2. The van der Waals surface area contributed by atoms with Crippen molar-refractivity contribution >= 4 is 33.8 Å². The van der Waals surface area contributed by atoms with Gasteiger partial charge in [-0.25, -0.2) is 22.7 Å². The van der Waals surface area contributed by atoms with Crippen LogP contribution >= 0.6 is 11.6 Å². The molecule has 0 rings (SSSR count). The molecule has 0 unspecified atom stereocenters. The lowest BCUT2D eigenvalue weighted by Gasteiger charge is -2.19. The lowest BCUT2D eigenvalue weighted by atomic mass is 10.2. The number of alkyl carbamates (subject to hydrolysis) is 2. The first-order valence-corrected chi connectivity index (χ1v) is 14.0. The predicted molar refractivity (Wildman–Crippen MR) is 138 cm³/mol.